The van der Waals surface area contributed by atoms with Gasteiger partial charge in [-0.2, -0.15) is 0 Å². The molecule has 3 aliphatic rings. The van der Waals surface area contributed by atoms with Gasteiger partial charge in [-0.15, -0.1) is 11.3 Å². The molecule has 5 rings (SSSR count). The number of aryl methyl sites for hydroxylation is 2. The molecule has 29 heavy (non-hydrogen) atoms. The Bertz CT molecular complexity index is 1020. The van der Waals surface area contributed by atoms with Gasteiger partial charge in [-0.1, -0.05) is 18.2 Å². The number of benzene rings is 1. The third-order valence-corrected chi connectivity index (χ3v) is 7.18. The van der Waals surface area contributed by atoms with Crippen molar-refractivity contribution in [3.63, 3.8) is 0 Å². The second-order valence-electron chi connectivity index (χ2n) is 8.21. The van der Waals surface area contributed by atoms with Crippen LogP contribution in [0, 0.1) is 25.7 Å². The first-order valence-electron chi connectivity index (χ1n) is 9.79. The van der Waals surface area contributed by atoms with Gasteiger partial charge in [0.2, 0.25) is 11.8 Å². The Kier molecular flexibility index (Phi) is 4.15. The summed E-state index contributed by atoms with van der Waals surface area (Å²) in [6, 6.07) is 6.04. The Hall–Kier alpha value is -2.51. The highest BCUT2D eigenvalue weighted by Crippen LogP contribution is 2.53. The molecule has 0 saturated carbocycles. The first-order chi connectivity index (χ1) is 13.9. The van der Waals surface area contributed by atoms with E-state index in [2.05, 4.69) is 11.9 Å². The topological polar surface area (TPSA) is 62.7 Å². The SMILES string of the molecule is Cc1ccc(N2C[C@]34C=C[C@H](O3)[C@@H](C(=O)N(C)Cc3nccs3)[C@@H]4C2=O)cc1C. The lowest BCUT2D eigenvalue weighted by Gasteiger charge is -2.27. The molecule has 2 saturated heterocycles. The number of nitrogens with zero attached hydrogens (tertiary/aromatic N) is 3. The average Bonchev–Trinajstić information content (AvgIpc) is 3.46. The Morgan fingerprint density at radius 3 is 2.93 bits per heavy atom. The van der Waals surface area contributed by atoms with Gasteiger partial charge in [-0.3, -0.25) is 9.59 Å². The summed E-state index contributed by atoms with van der Waals surface area (Å²) in [7, 11) is 1.77. The van der Waals surface area contributed by atoms with E-state index in [4.69, 9.17) is 4.74 Å². The second-order valence-corrected chi connectivity index (χ2v) is 9.19. The van der Waals surface area contributed by atoms with E-state index in [1.165, 1.54) is 16.9 Å². The van der Waals surface area contributed by atoms with Crippen LogP contribution in [0.4, 0.5) is 5.69 Å². The molecule has 0 radical (unpaired) electrons. The molecule has 0 unspecified atom stereocenters. The maximum Gasteiger partial charge on any atom is 0.234 e. The number of ether oxygens (including phenoxy) is 1. The first kappa shape index (κ1) is 18.5. The summed E-state index contributed by atoms with van der Waals surface area (Å²) in [5.74, 6) is -1.06. The Labute approximate surface area is 173 Å². The van der Waals surface area contributed by atoms with Crippen LogP contribution in [0.3, 0.4) is 0 Å². The molecule has 1 spiro atoms. The fourth-order valence-corrected chi connectivity index (χ4v) is 5.43. The van der Waals surface area contributed by atoms with Crippen LogP contribution in [0.1, 0.15) is 16.1 Å². The van der Waals surface area contributed by atoms with E-state index in [9.17, 15) is 9.59 Å². The van der Waals surface area contributed by atoms with E-state index in [-0.39, 0.29) is 17.9 Å². The smallest absolute Gasteiger partial charge is 0.234 e. The summed E-state index contributed by atoms with van der Waals surface area (Å²) in [6.45, 7) is 4.99. The number of carbonyl (C=O) groups excluding carboxylic acids is 2. The summed E-state index contributed by atoms with van der Waals surface area (Å²) < 4.78 is 6.24. The highest BCUT2D eigenvalue weighted by Gasteiger charge is 2.67. The predicted molar refractivity (Wildman–Crippen MR) is 111 cm³/mol. The van der Waals surface area contributed by atoms with Crippen LogP contribution < -0.4 is 4.90 Å². The van der Waals surface area contributed by atoms with Crippen molar-refractivity contribution < 1.29 is 14.3 Å². The molecule has 1 aromatic heterocycles. The molecular formula is C22H23N3O3S. The number of anilines is 1. The summed E-state index contributed by atoms with van der Waals surface area (Å²) >= 11 is 1.52. The Morgan fingerprint density at radius 1 is 1.38 bits per heavy atom. The number of carbonyl (C=O) groups is 2. The number of thiazole rings is 1. The van der Waals surface area contributed by atoms with Gasteiger partial charge in [-0.05, 0) is 37.1 Å². The monoisotopic (exact) mass is 409 g/mol. The average molecular weight is 410 g/mol. The number of fused-ring (bicyclic) bond motifs is 1. The van der Waals surface area contributed by atoms with E-state index in [1.54, 1.807) is 23.0 Å². The largest absolute Gasteiger partial charge is 0.360 e. The molecule has 150 valence electrons. The van der Waals surface area contributed by atoms with E-state index in [0.29, 0.717) is 13.1 Å². The van der Waals surface area contributed by atoms with Crippen LogP contribution in [-0.4, -0.2) is 47.0 Å². The molecule has 0 N–H and O–H groups in total. The quantitative estimate of drug-likeness (QED) is 0.729. The standard InChI is InChI=1S/C22H23N3O3S/c1-13-4-5-15(10-14(13)2)25-12-22-7-6-16(28-22)18(19(22)21(25)27)20(26)24(3)11-17-23-8-9-29-17/h4-10,16,18-19H,11-12H2,1-3H3/t16-,18+,19+,22-/m0/s1. The molecule has 4 atom stereocenters. The third kappa shape index (κ3) is 2.75. The summed E-state index contributed by atoms with van der Waals surface area (Å²) in [5.41, 5.74) is 2.49. The van der Waals surface area contributed by atoms with Gasteiger partial charge in [0, 0.05) is 24.3 Å². The van der Waals surface area contributed by atoms with Gasteiger partial charge in [0.1, 0.15) is 10.6 Å². The summed E-state index contributed by atoms with van der Waals surface area (Å²) in [5, 5.41) is 2.78. The van der Waals surface area contributed by atoms with Crippen LogP contribution >= 0.6 is 11.3 Å². The third-order valence-electron chi connectivity index (χ3n) is 6.42. The molecule has 2 aromatic rings. The van der Waals surface area contributed by atoms with Crippen molar-refractivity contribution in [2.24, 2.45) is 11.8 Å². The normalized spacial score (nSPS) is 29.6. The van der Waals surface area contributed by atoms with E-state index < -0.39 is 17.4 Å². The number of hydrogen-bond donors (Lipinski definition) is 0. The van der Waals surface area contributed by atoms with Gasteiger partial charge < -0.3 is 14.5 Å². The molecule has 0 aliphatic carbocycles. The van der Waals surface area contributed by atoms with Crippen molar-refractivity contribution in [2.75, 3.05) is 18.5 Å². The fraction of sp³-hybridized carbons (Fsp3) is 0.409. The van der Waals surface area contributed by atoms with Gasteiger partial charge in [0.25, 0.3) is 0 Å². The molecule has 2 bridgehead atoms. The zero-order valence-electron chi connectivity index (χ0n) is 16.7. The van der Waals surface area contributed by atoms with Crippen molar-refractivity contribution in [3.8, 4) is 0 Å². The van der Waals surface area contributed by atoms with Gasteiger partial charge in [0.05, 0.1) is 31.0 Å². The van der Waals surface area contributed by atoms with Crippen LogP contribution in [0.5, 0.6) is 0 Å². The van der Waals surface area contributed by atoms with Crippen molar-refractivity contribution in [1.82, 2.24) is 9.88 Å². The number of aromatic nitrogens is 1. The van der Waals surface area contributed by atoms with Gasteiger partial charge in [-0.25, -0.2) is 4.98 Å². The van der Waals surface area contributed by atoms with E-state index in [0.717, 1.165) is 16.3 Å². The highest BCUT2D eigenvalue weighted by atomic mass is 32.1. The van der Waals surface area contributed by atoms with E-state index in [1.807, 2.05) is 42.7 Å². The van der Waals surface area contributed by atoms with Gasteiger partial charge >= 0.3 is 0 Å². The van der Waals surface area contributed by atoms with Crippen LogP contribution in [-0.2, 0) is 20.9 Å². The lowest BCUT2D eigenvalue weighted by molar-refractivity contribution is -0.139. The lowest BCUT2D eigenvalue weighted by atomic mass is 9.76. The minimum atomic E-state index is -0.705. The van der Waals surface area contributed by atoms with E-state index >= 15 is 0 Å². The number of hydrogen-bond acceptors (Lipinski definition) is 5. The highest BCUT2D eigenvalue weighted by molar-refractivity contribution is 7.09. The second kappa shape index (κ2) is 6.50. The molecule has 3 aliphatic heterocycles. The zero-order valence-corrected chi connectivity index (χ0v) is 17.5. The fourth-order valence-electron chi connectivity index (χ4n) is 4.76. The van der Waals surface area contributed by atoms with Crippen LogP contribution in [0.2, 0.25) is 0 Å². The first-order valence-corrected chi connectivity index (χ1v) is 10.7. The predicted octanol–water partition coefficient (Wildman–Crippen LogP) is 2.70. The lowest BCUT2D eigenvalue weighted by Crippen LogP contribution is -2.44. The molecule has 2 fully saturated rings. The maximum absolute atomic E-state index is 13.5. The molecule has 2 amide bonds. The molecule has 4 heterocycles. The number of rotatable bonds is 4. The van der Waals surface area contributed by atoms with Gasteiger partial charge in [0.15, 0.2) is 0 Å². The van der Waals surface area contributed by atoms with Crippen LogP contribution in [0.25, 0.3) is 0 Å². The molecule has 7 heteroatoms. The molecular weight excluding hydrogens is 386 g/mol. The molecule has 1 aromatic carbocycles. The minimum absolute atomic E-state index is 0.0268. The summed E-state index contributed by atoms with van der Waals surface area (Å²) in [4.78, 5) is 34.5. The zero-order chi connectivity index (χ0) is 20.3. The van der Waals surface area contributed by atoms with Crippen molar-refractivity contribution in [2.45, 2.75) is 32.1 Å². The summed E-state index contributed by atoms with van der Waals surface area (Å²) in [6.07, 6.45) is 5.34. The van der Waals surface area contributed by atoms with Crippen molar-refractivity contribution in [3.05, 3.63) is 58.1 Å². The Balaban J connectivity index is 1.43. The van der Waals surface area contributed by atoms with Crippen molar-refractivity contribution in [1.29, 1.82) is 0 Å². The maximum atomic E-state index is 13.5. The number of amides is 2. The van der Waals surface area contributed by atoms with Crippen molar-refractivity contribution >= 4 is 28.8 Å². The van der Waals surface area contributed by atoms with Crippen LogP contribution in [0.15, 0.2) is 41.9 Å². The minimum Gasteiger partial charge on any atom is -0.360 e. The molecule has 6 nitrogen and oxygen atoms in total. The Morgan fingerprint density at radius 2 is 2.21 bits per heavy atom.